The van der Waals surface area contributed by atoms with E-state index in [-0.39, 0.29) is 17.4 Å². The Kier molecular flexibility index (Phi) is 5.56. The number of anilines is 1. The van der Waals surface area contributed by atoms with Crippen molar-refractivity contribution in [3.63, 3.8) is 0 Å². The summed E-state index contributed by atoms with van der Waals surface area (Å²) >= 11 is 0. The van der Waals surface area contributed by atoms with E-state index in [1.54, 1.807) is 0 Å². The number of benzene rings is 2. The molecule has 0 heterocycles. The number of carbonyl (C=O) groups excluding carboxylic acids is 1. The SMILES string of the molecule is C[C@@H](NCc1ccccc1)C(=O)Nc1ccc(C(C)(C)C)cc1. The Hall–Kier alpha value is -2.13. The van der Waals surface area contributed by atoms with Gasteiger partial charge >= 0.3 is 0 Å². The minimum Gasteiger partial charge on any atom is -0.325 e. The van der Waals surface area contributed by atoms with E-state index in [4.69, 9.17) is 0 Å². The fourth-order valence-corrected chi connectivity index (χ4v) is 2.26. The summed E-state index contributed by atoms with van der Waals surface area (Å²) in [6.07, 6.45) is 0. The highest BCUT2D eigenvalue weighted by atomic mass is 16.2. The molecule has 122 valence electrons. The summed E-state index contributed by atoms with van der Waals surface area (Å²) in [7, 11) is 0. The highest BCUT2D eigenvalue weighted by molar-refractivity contribution is 5.94. The van der Waals surface area contributed by atoms with E-state index in [2.05, 4.69) is 43.5 Å². The first-order chi connectivity index (χ1) is 10.9. The lowest BCUT2D eigenvalue weighted by Gasteiger charge is -2.19. The van der Waals surface area contributed by atoms with Gasteiger partial charge in [0.25, 0.3) is 0 Å². The molecule has 0 radical (unpaired) electrons. The lowest BCUT2D eigenvalue weighted by Crippen LogP contribution is -2.37. The zero-order chi connectivity index (χ0) is 16.9. The molecule has 0 spiro atoms. The number of rotatable bonds is 5. The van der Waals surface area contributed by atoms with Crippen molar-refractivity contribution in [2.75, 3.05) is 5.32 Å². The van der Waals surface area contributed by atoms with Crippen molar-refractivity contribution in [1.82, 2.24) is 5.32 Å². The average Bonchev–Trinajstić information content (AvgIpc) is 2.53. The molecule has 0 bridgehead atoms. The van der Waals surface area contributed by atoms with E-state index in [1.807, 2.05) is 49.4 Å². The second-order valence-electron chi connectivity index (χ2n) is 6.90. The van der Waals surface area contributed by atoms with E-state index >= 15 is 0 Å². The number of amides is 1. The van der Waals surface area contributed by atoms with Crippen LogP contribution >= 0.6 is 0 Å². The Morgan fingerprint density at radius 3 is 2.17 bits per heavy atom. The van der Waals surface area contributed by atoms with Crippen molar-refractivity contribution in [1.29, 1.82) is 0 Å². The number of carbonyl (C=O) groups is 1. The fraction of sp³-hybridized carbons (Fsp3) is 0.350. The summed E-state index contributed by atoms with van der Waals surface area (Å²) in [4.78, 5) is 12.2. The Balaban J connectivity index is 1.88. The molecule has 0 aromatic heterocycles. The third-order valence-corrected chi connectivity index (χ3v) is 3.87. The Labute approximate surface area is 139 Å². The second-order valence-corrected chi connectivity index (χ2v) is 6.90. The molecule has 3 nitrogen and oxygen atoms in total. The van der Waals surface area contributed by atoms with Crippen LogP contribution in [-0.4, -0.2) is 11.9 Å². The monoisotopic (exact) mass is 310 g/mol. The van der Waals surface area contributed by atoms with Gasteiger partial charge in [-0.3, -0.25) is 4.79 Å². The van der Waals surface area contributed by atoms with Crippen LogP contribution in [0.25, 0.3) is 0 Å². The van der Waals surface area contributed by atoms with E-state index in [0.29, 0.717) is 6.54 Å². The van der Waals surface area contributed by atoms with Gasteiger partial charge in [-0.15, -0.1) is 0 Å². The van der Waals surface area contributed by atoms with Crippen LogP contribution in [0.2, 0.25) is 0 Å². The van der Waals surface area contributed by atoms with Crippen molar-refractivity contribution in [3.05, 3.63) is 65.7 Å². The lowest BCUT2D eigenvalue weighted by molar-refractivity contribution is -0.117. The van der Waals surface area contributed by atoms with E-state index in [9.17, 15) is 4.79 Å². The van der Waals surface area contributed by atoms with Crippen molar-refractivity contribution in [2.45, 2.75) is 45.7 Å². The number of hydrogen-bond acceptors (Lipinski definition) is 2. The van der Waals surface area contributed by atoms with Gasteiger partial charge in [0.2, 0.25) is 5.91 Å². The zero-order valence-electron chi connectivity index (χ0n) is 14.4. The zero-order valence-corrected chi connectivity index (χ0v) is 14.4. The predicted octanol–water partition coefficient (Wildman–Crippen LogP) is 4.10. The Bertz CT molecular complexity index is 627. The largest absolute Gasteiger partial charge is 0.325 e. The molecule has 0 aliphatic carbocycles. The number of hydrogen-bond donors (Lipinski definition) is 2. The van der Waals surface area contributed by atoms with Gasteiger partial charge in [-0.2, -0.15) is 0 Å². The third kappa shape index (κ3) is 5.22. The maximum absolute atomic E-state index is 12.2. The first-order valence-corrected chi connectivity index (χ1v) is 8.05. The molecule has 1 amide bonds. The molecule has 0 aliphatic heterocycles. The second kappa shape index (κ2) is 7.42. The minimum absolute atomic E-state index is 0.0237. The van der Waals surface area contributed by atoms with Gasteiger partial charge in [0.1, 0.15) is 0 Å². The van der Waals surface area contributed by atoms with Crippen LogP contribution in [0.15, 0.2) is 54.6 Å². The predicted molar refractivity (Wildman–Crippen MR) is 96.5 cm³/mol. The molecule has 2 aromatic rings. The van der Waals surface area contributed by atoms with Crippen molar-refractivity contribution in [2.24, 2.45) is 0 Å². The molecule has 3 heteroatoms. The highest BCUT2D eigenvalue weighted by Gasteiger charge is 2.15. The topological polar surface area (TPSA) is 41.1 Å². The summed E-state index contributed by atoms with van der Waals surface area (Å²) in [5.41, 5.74) is 3.37. The maximum atomic E-state index is 12.2. The van der Waals surface area contributed by atoms with Crippen LogP contribution in [0, 0.1) is 0 Å². The molecule has 0 saturated heterocycles. The molecule has 0 fully saturated rings. The summed E-state index contributed by atoms with van der Waals surface area (Å²) in [5, 5.41) is 6.20. The number of nitrogens with one attached hydrogen (secondary N) is 2. The Morgan fingerprint density at radius 1 is 1.00 bits per heavy atom. The van der Waals surface area contributed by atoms with Crippen LogP contribution < -0.4 is 10.6 Å². The Morgan fingerprint density at radius 2 is 1.61 bits per heavy atom. The smallest absolute Gasteiger partial charge is 0.241 e. The minimum atomic E-state index is -0.252. The average molecular weight is 310 g/mol. The molecule has 0 saturated carbocycles. The molecule has 2 rings (SSSR count). The molecular formula is C20H26N2O. The van der Waals surface area contributed by atoms with Crippen LogP contribution in [0.3, 0.4) is 0 Å². The third-order valence-electron chi connectivity index (χ3n) is 3.87. The van der Waals surface area contributed by atoms with Crippen LogP contribution in [0.4, 0.5) is 5.69 Å². The summed E-state index contributed by atoms with van der Waals surface area (Å²) < 4.78 is 0. The quantitative estimate of drug-likeness (QED) is 0.873. The first kappa shape index (κ1) is 17.2. The van der Waals surface area contributed by atoms with Crippen molar-refractivity contribution in [3.8, 4) is 0 Å². The highest BCUT2D eigenvalue weighted by Crippen LogP contribution is 2.23. The molecule has 2 N–H and O–H groups in total. The maximum Gasteiger partial charge on any atom is 0.241 e. The molecule has 0 aliphatic rings. The van der Waals surface area contributed by atoms with Crippen molar-refractivity contribution < 1.29 is 4.79 Å². The van der Waals surface area contributed by atoms with Gasteiger partial charge in [-0.05, 0) is 35.6 Å². The van der Waals surface area contributed by atoms with E-state index in [1.165, 1.54) is 11.1 Å². The van der Waals surface area contributed by atoms with Crippen LogP contribution in [0.5, 0.6) is 0 Å². The van der Waals surface area contributed by atoms with Gasteiger partial charge in [0.15, 0.2) is 0 Å². The first-order valence-electron chi connectivity index (χ1n) is 8.05. The molecule has 2 aromatic carbocycles. The standard InChI is InChI=1S/C20H26N2O/c1-15(21-14-16-8-6-5-7-9-16)19(23)22-18-12-10-17(11-13-18)20(2,3)4/h5-13,15,21H,14H2,1-4H3,(H,22,23)/t15-/m1/s1. The van der Waals surface area contributed by atoms with Gasteiger partial charge in [-0.25, -0.2) is 0 Å². The van der Waals surface area contributed by atoms with Gasteiger partial charge in [0.05, 0.1) is 6.04 Å². The summed E-state index contributed by atoms with van der Waals surface area (Å²) in [6, 6.07) is 17.9. The van der Waals surface area contributed by atoms with Gasteiger partial charge in [-0.1, -0.05) is 63.2 Å². The molecular weight excluding hydrogens is 284 g/mol. The van der Waals surface area contributed by atoms with Gasteiger partial charge in [0, 0.05) is 12.2 Å². The van der Waals surface area contributed by atoms with E-state index in [0.717, 1.165) is 5.69 Å². The van der Waals surface area contributed by atoms with E-state index < -0.39 is 0 Å². The lowest BCUT2D eigenvalue weighted by atomic mass is 9.87. The van der Waals surface area contributed by atoms with Gasteiger partial charge < -0.3 is 10.6 Å². The van der Waals surface area contributed by atoms with Crippen LogP contribution in [0.1, 0.15) is 38.8 Å². The molecule has 23 heavy (non-hydrogen) atoms. The molecule has 0 unspecified atom stereocenters. The summed E-state index contributed by atoms with van der Waals surface area (Å²) in [5.74, 6) is -0.0237. The molecule has 1 atom stereocenters. The summed E-state index contributed by atoms with van der Waals surface area (Å²) in [6.45, 7) is 9.09. The van der Waals surface area contributed by atoms with Crippen LogP contribution in [-0.2, 0) is 16.8 Å². The normalized spacial score (nSPS) is 12.7. The fourth-order valence-electron chi connectivity index (χ4n) is 2.26. The van der Waals surface area contributed by atoms with Crippen molar-refractivity contribution >= 4 is 11.6 Å².